The Morgan fingerprint density at radius 2 is 2.08 bits per heavy atom. The second-order valence-electron chi connectivity index (χ2n) is 5.36. The summed E-state index contributed by atoms with van der Waals surface area (Å²) in [7, 11) is 0. The van der Waals surface area contributed by atoms with E-state index in [1.807, 2.05) is 47.8 Å². The number of carbonyl (C=O) groups excluding carboxylic acids is 1. The number of nitrogens with one attached hydrogen (secondary N) is 1. The van der Waals surface area contributed by atoms with Crippen molar-refractivity contribution in [3.8, 4) is 16.5 Å². The summed E-state index contributed by atoms with van der Waals surface area (Å²) in [6.07, 6.45) is 5.05. The average Bonchev–Trinajstić information content (AvgIpc) is 3.37. The van der Waals surface area contributed by atoms with Crippen LogP contribution in [0.15, 0.2) is 70.9 Å². The predicted octanol–water partition coefficient (Wildman–Crippen LogP) is 3.77. The fourth-order valence-corrected chi connectivity index (χ4v) is 3.04. The Labute approximate surface area is 147 Å². The molecule has 1 N–H and O–H groups in total. The van der Waals surface area contributed by atoms with Gasteiger partial charge >= 0.3 is 0 Å². The summed E-state index contributed by atoms with van der Waals surface area (Å²) in [6, 6.07) is 13.6. The number of rotatable bonds is 5. The summed E-state index contributed by atoms with van der Waals surface area (Å²) in [5.41, 5.74) is 2.16. The van der Waals surface area contributed by atoms with Gasteiger partial charge < -0.3 is 9.73 Å². The topological polar surface area (TPSA) is 73.0 Å². The van der Waals surface area contributed by atoms with E-state index in [1.54, 1.807) is 28.4 Å². The number of thiophene rings is 1. The van der Waals surface area contributed by atoms with Crippen LogP contribution in [0.4, 0.5) is 5.69 Å². The maximum atomic E-state index is 12.2. The maximum Gasteiger partial charge on any atom is 0.236 e. The smallest absolute Gasteiger partial charge is 0.236 e. The molecule has 0 spiro atoms. The third kappa shape index (κ3) is 3.51. The van der Waals surface area contributed by atoms with E-state index in [0.29, 0.717) is 17.3 Å². The van der Waals surface area contributed by atoms with E-state index in [2.05, 4.69) is 15.4 Å². The van der Waals surface area contributed by atoms with Crippen molar-refractivity contribution in [1.82, 2.24) is 14.8 Å². The van der Waals surface area contributed by atoms with Crippen LogP contribution in [0, 0.1) is 0 Å². The molecule has 0 aliphatic heterocycles. The van der Waals surface area contributed by atoms with Gasteiger partial charge in [0.05, 0.1) is 40.8 Å². The van der Waals surface area contributed by atoms with E-state index in [4.69, 9.17) is 4.42 Å². The van der Waals surface area contributed by atoms with E-state index in [1.165, 1.54) is 6.26 Å². The van der Waals surface area contributed by atoms with Crippen molar-refractivity contribution in [1.29, 1.82) is 0 Å². The summed E-state index contributed by atoms with van der Waals surface area (Å²) in [5.74, 6) is 0.369. The zero-order valence-corrected chi connectivity index (χ0v) is 13.9. The molecule has 7 heteroatoms. The number of oxazole rings is 1. The monoisotopic (exact) mass is 350 g/mol. The number of nitrogens with zero attached hydrogens (tertiary/aromatic N) is 3. The second kappa shape index (κ2) is 6.74. The largest absolute Gasteiger partial charge is 0.444 e. The van der Waals surface area contributed by atoms with E-state index in [9.17, 15) is 4.79 Å². The van der Waals surface area contributed by atoms with Gasteiger partial charge in [-0.2, -0.15) is 5.10 Å². The fraction of sp³-hybridized carbons (Fsp3) is 0.0556. The van der Waals surface area contributed by atoms with E-state index < -0.39 is 0 Å². The van der Waals surface area contributed by atoms with Crippen molar-refractivity contribution in [2.24, 2.45) is 0 Å². The molecule has 6 nitrogen and oxygen atoms in total. The number of aromatic nitrogens is 3. The molecular formula is C18H14N4O2S. The van der Waals surface area contributed by atoms with Crippen molar-refractivity contribution in [2.75, 3.05) is 5.32 Å². The van der Waals surface area contributed by atoms with Gasteiger partial charge in [-0.25, -0.2) is 9.67 Å². The van der Waals surface area contributed by atoms with Crippen molar-refractivity contribution in [3.63, 3.8) is 0 Å². The third-order valence-corrected chi connectivity index (χ3v) is 4.37. The zero-order valence-electron chi connectivity index (χ0n) is 13.1. The number of anilines is 1. The van der Waals surface area contributed by atoms with E-state index >= 15 is 0 Å². The Morgan fingerprint density at radius 1 is 1.20 bits per heavy atom. The molecule has 3 heterocycles. The molecule has 0 aliphatic rings. The molecule has 0 saturated carbocycles. The van der Waals surface area contributed by atoms with Crippen LogP contribution in [-0.2, 0) is 11.2 Å². The molecular weight excluding hydrogens is 336 g/mol. The molecule has 0 fully saturated rings. The average molecular weight is 350 g/mol. The molecule has 1 amide bonds. The van der Waals surface area contributed by atoms with Crippen molar-refractivity contribution in [3.05, 3.63) is 72.2 Å². The van der Waals surface area contributed by atoms with E-state index in [-0.39, 0.29) is 12.3 Å². The number of hydrogen-bond acceptors (Lipinski definition) is 5. The summed E-state index contributed by atoms with van der Waals surface area (Å²) in [5, 5.41) is 9.03. The Hall–Kier alpha value is -3.19. The molecule has 0 atom stereocenters. The summed E-state index contributed by atoms with van der Waals surface area (Å²) >= 11 is 1.54. The Morgan fingerprint density at radius 3 is 2.88 bits per heavy atom. The first-order valence-electron chi connectivity index (χ1n) is 7.66. The molecule has 1 aromatic carbocycles. The quantitative estimate of drug-likeness (QED) is 0.595. The van der Waals surface area contributed by atoms with Crippen molar-refractivity contribution >= 4 is 22.9 Å². The van der Waals surface area contributed by atoms with Crippen LogP contribution in [0.2, 0.25) is 0 Å². The van der Waals surface area contributed by atoms with Gasteiger partial charge in [-0.15, -0.1) is 11.3 Å². The first kappa shape index (κ1) is 15.3. The van der Waals surface area contributed by atoms with Crippen LogP contribution in [-0.4, -0.2) is 20.7 Å². The molecule has 0 aliphatic carbocycles. The predicted molar refractivity (Wildman–Crippen MR) is 95.7 cm³/mol. The highest BCUT2D eigenvalue weighted by atomic mass is 32.1. The summed E-state index contributed by atoms with van der Waals surface area (Å²) < 4.78 is 7.13. The van der Waals surface area contributed by atoms with Crippen molar-refractivity contribution < 1.29 is 9.21 Å². The molecule has 0 unspecified atom stereocenters. The van der Waals surface area contributed by atoms with Gasteiger partial charge in [0.15, 0.2) is 0 Å². The molecule has 4 rings (SSSR count). The van der Waals surface area contributed by atoms with Gasteiger partial charge in [-0.05, 0) is 23.6 Å². The van der Waals surface area contributed by atoms with Crippen LogP contribution in [0.1, 0.15) is 5.69 Å². The van der Waals surface area contributed by atoms with Gasteiger partial charge in [0, 0.05) is 0 Å². The SMILES string of the molecule is O=C(Cc1coc(-c2cccs2)n1)Nc1cnn(-c2ccccc2)c1. The lowest BCUT2D eigenvalue weighted by atomic mass is 10.3. The zero-order chi connectivity index (χ0) is 17.1. The van der Waals surface area contributed by atoms with Crippen molar-refractivity contribution in [2.45, 2.75) is 6.42 Å². The van der Waals surface area contributed by atoms with Gasteiger partial charge in [0.25, 0.3) is 0 Å². The highest BCUT2D eigenvalue weighted by Crippen LogP contribution is 2.23. The number of hydrogen-bond donors (Lipinski definition) is 1. The number of para-hydroxylation sites is 1. The minimum Gasteiger partial charge on any atom is -0.444 e. The minimum atomic E-state index is -0.168. The van der Waals surface area contributed by atoms with Gasteiger partial charge in [-0.3, -0.25) is 4.79 Å². The van der Waals surface area contributed by atoms with Gasteiger partial charge in [-0.1, -0.05) is 24.3 Å². The lowest BCUT2D eigenvalue weighted by Crippen LogP contribution is -2.14. The van der Waals surface area contributed by atoms with Crippen LogP contribution in [0.25, 0.3) is 16.5 Å². The fourth-order valence-electron chi connectivity index (χ4n) is 2.38. The molecule has 3 aromatic heterocycles. The summed E-state index contributed by atoms with van der Waals surface area (Å²) in [6.45, 7) is 0. The first-order chi connectivity index (χ1) is 12.3. The normalized spacial score (nSPS) is 10.7. The molecule has 0 radical (unpaired) electrons. The summed E-state index contributed by atoms with van der Waals surface area (Å²) in [4.78, 5) is 17.5. The number of amides is 1. The molecule has 25 heavy (non-hydrogen) atoms. The van der Waals surface area contributed by atoms with E-state index in [0.717, 1.165) is 10.6 Å². The lowest BCUT2D eigenvalue weighted by molar-refractivity contribution is -0.115. The Bertz CT molecular complexity index is 974. The molecule has 0 bridgehead atoms. The molecule has 0 saturated heterocycles. The van der Waals surface area contributed by atoms with Crippen LogP contribution < -0.4 is 5.32 Å². The highest BCUT2D eigenvalue weighted by Gasteiger charge is 2.12. The highest BCUT2D eigenvalue weighted by molar-refractivity contribution is 7.13. The standard InChI is InChI=1S/C18H14N4O2S/c23-17(9-13-12-24-18(21-13)16-7-4-8-25-16)20-14-10-19-22(11-14)15-5-2-1-3-6-15/h1-8,10-12H,9H2,(H,20,23). The second-order valence-corrected chi connectivity index (χ2v) is 6.30. The number of carbonyl (C=O) groups is 1. The lowest BCUT2D eigenvalue weighted by Gasteiger charge is -2.00. The minimum absolute atomic E-state index is 0.144. The van der Waals surface area contributed by atoms with Crippen LogP contribution in [0.3, 0.4) is 0 Å². The number of benzene rings is 1. The van der Waals surface area contributed by atoms with Crippen LogP contribution in [0.5, 0.6) is 0 Å². The molecule has 124 valence electrons. The first-order valence-corrected chi connectivity index (χ1v) is 8.54. The Kier molecular flexibility index (Phi) is 4.14. The van der Waals surface area contributed by atoms with Gasteiger partial charge in [0.1, 0.15) is 6.26 Å². The molecule has 4 aromatic rings. The Balaban J connectivity index is 1.40. The third-order valence-electron chi connectivity index (χ3n) is 3.51. The van der Waals surface area contributed by atoms with Crippen LogP contribution >= 0.6 is 11.3 Å². The maximum absolute atomic E-state index is 12.2. The van der Waals surface area contributed by atoms with Gasteiger partial charge in [0.2, 0.25) is 11.8 Å².